The van der Waals surface area contributed by atoms with Crippen molar-refractivity contribution in [1.82, 2.24) is 20.0 Å². The van der Waals surface area contributed by atoms with Crippen LogP contribution in [0.3, 0.4) is 0 Å². The van der Waals surface area contributed by atoms with Gasteiger partial charge in [-0.25, -0.2) is 23.1 Å². The molecule has 2 heterocycles. The fraction of sp³-hybridized carbons (Fsp3) is 0.593. The van der Waals surface area contributed by atoms with Crippen LogP contribution < -0.4 is 20.1 Å². The molecule has 1 aromatic carbocycles. The molecule has 1 aromatic heterocycles. The van der Waals surface area contributed by atoms with E-state index in [1.807, 2.05) is 0 Å². The van der Waals surface area contributed by atoms with Gasteiger partial charge in [-0.1, -0.05) is 13.8 Å². The number of anilines is 2. The van der Waals surface area contributed by atoms with Crippen molar-refractivity contribution in [1.29, 1.82) is 0 Å². The Bertz CT molecular complexity index is 1330. The summed E-state index contributed by atoms with van der Waals surface area (Å²) >= 11 is 0. The molecule has 2 atom stereocenters. The molecule has 1 amide bonds. The van der Waals surface area contributed by atoms with E-state index in [1.165, 1.54) is 7.11 Å². The second-order valence-electron chi connectivity index (χ2n) is 10.3. The zero-order valence-electron chi connectivity index (χ0n) is 22.6. The Morgan fingerprint density at radius 3 is 2.51 bits per heavy atom. The highest BCUT2D eigenvalue weighted by atomic mass is 32.2. The Labute approximate surface area is 238 Å². The summed E-state index contributed by atoms with van der Waals surface area (Å²) in [5, 5.41) is 5.94. The number of ether oxygens (including phenoxy) is 2. The molecule has 4 rings (SSSR count). The molecule has 14 heteroatoms. The number of rotatable bonds is 9. The quantitative estimate of drug-likeness (QED) is 0.387. The predicted molar refractivity (Wildman–Crippen MR) is 149 cm³/mol. The lowest BCUT2D eigenvalue weighted by molar-refractivity contribution is -0.138. The lowest BCUT2D eigenvalue weighted by Crippen LogP contribution is -2.39. The molecule has 228 valence electrons. The molecule has 1 saturated carbocycles. The fourth-order valence-corrected chi connectivity index (χ4v) is 6.11. The van der Waals surface area contributed by atoms with Crippen LogP contribution in [0.15, 0.2) is 18.3 Å². The van der Waals surface area contributed by atoms with Crippen LogP contribution in [-0.4, -0.2) is 63.0 Å². The summed E-state index contributed by atoms with van der Waals surface area (Å²) in [5.41, 5.74) is 0.228. The third kappa shape index (κ3) is 8.52. The van der Waals surface area contributed by atoms with E-state index < -0.39 is 27.8 Å². The number of amides is 1. The van der Waals surface area contributed by atoms with Crippen molar-refractivity contribution in [3.05, 3.63) is 40.7 Å². The van der Waals surface area contributed by atoms with Crippen molar-refractivity contribution in [2.45, 2.75) is 71.1 Å². The molecule has 2 aliphatic rings. The van der Waals surface area contributed by atoms with Crippen LogP contribution in [0.4, 0.5) is 24.8 Å². The van der Waals surface area contributed by atoms with Gasteiger partial charge in [0.2, 0.25) is 16.0 Å². The van der Waals surface area contributed by atoms with E-state index in [1.54, 1.807) is 19.1 Å². The molecule has 0 bridgehead atoms. The number of aryl methyl sites for hydroxylation is 1. The summed E-state index contributed by atoms with van der Waals surface area (Å²) in [4.78, 5) is 21.0. The maximum absolute atomic E-state index is 13.8. The highest BCUT2D eigenvalue weighted by Crippen LogP contribution is 2.36. The van der Waals surface area contributed by atoms with E-state index in [2.05, 4.69) is 25.3 Å². The minimum Gasteiger partial charge on any atom is -0.495 e. The lowest BCUT2D eigenvalue weighted by Gasteiger charge is -2.24. The molecule has 10 nitrogen and oxygen atoms in total. The normalized spacial score (nSPS) is 19.9. The summed E-state index contributed by atoms with van der Waals surface area (Å²) in [6.07, 6.45) is 0.268. The average Bonchev–Trinajstić information content (AvgIpc) is 3.28. The summed E-state index contributed by atoms with van der Waals surface area (Å²) in [6.45, 7) is 2.92. The smallest absolute Gasteiger partial charge is 0.419 e. The van der Waals surface area contributed by atoms with Crippen LogP contribution >= 0.6 is 0 Å². The van der Waals surface area contributed by atoms with Gasteiger partial charge in [-0.2, -0.15) is 13.2 Å². The summed E-state index contributed by atoms with van der Waals surface area (Å²) in [7, 11) is -2.09. The van der Waals surface area contributed by atoms with Gasteiger partial charge in [0.1, 0.15) is 5.75 Å². The van der Waals surface area contributed by atoms with Crippen molar-refractivity contribution in [3.8, 4) is 5.75 Å². The van der Waals surface area contributed by atoms with E-state index in [4.69, 9.17) is 9.47 Å². The van der Waals surface area contributed by atoms with Crippen molar-refractivity contribution < 1.29 is 35.9 Å². The van der Waals surface area contributed by atoms with E-state index in [0.717, 1.165) is 25.3 Å². The SMILES string of the molecule is C.COc1cc(C(=O)NC2CCOCC2)c(C)cc1Nc1ncc(C(F)(F)F)c(C[C@@H]2CCC[C@H]2NS(C)(=O)=O)n1. The number of sulfonamides is 1. The van der Waals surface area contributed by atoms with Crippen molar-refractivity contribution >= 4 is 27.6 Å². The number of nitrogens with zero attached hydrogens (tertiary/aromatic N) is 2. The Balaban J connectivity index is 0.00000462. The number of carbonyl (C=O) groups excluding carboxylic acids is 1. The molecule has 1 saturated heterocycles. The number of methoxy groups -OCH3 is 1. The number of aromatic nitrogens is 2. The van der Waals surface area contributed by atoms with Gasteiger partial charge in [-0.05, 0) is 62.6 Å². The molecule has 2 fully saturated rings. The molecule has 41 heavy (non-hydrogen) atoms. The minimum atomic E-state index is -4.68. The van der Waals surface area contributed by atoms with Crippen molar-refractivity contribution in [2.24, 2.45) is 5.92 Å². The number of halogens is 3. The van der Waals surface area contributed by atoms with Gasteiger partial charge < -0.3 is 20.1 Å². The van der Waals surface area contributed by atoms with E-state index in [-0.39, 0.29) is 43.4 Å². The zero-order chi connectivity index (χ0) is 29.1. The first-order valence-corrected chi connectivity index (χ1v) is 15.0. The highest BCUT2D eigenvalue weighted by molar-refractivity contribution is 7.88. The third-order valence-corrected chi connectivity index (χ3v) is 7.98. The van der Waals surface area contributed by atoms with Crippen LogP contribution in [0.25, 0.3) is 0 Å². The number of alkyl halides is 3. The standard InChI is InChI=1S/C26H34F3N5O5S.CH4/c1-15-11-22(23(38-2)13-18(15)24(35)31-17-7-9-39-10-8-17)33-25-30-14-19(26(27,28)29)21(32-25)12-16-5-4-6-20(16)34-40(3,36)37;/h11,13-14,16-17,20,34H,4-10,12H2,1-3H3,(H,31,35)(H,30,32,33);1H4/t16-,20+;/m0./s1. The third-order valence-electron chi connectivity index (χ3n) is 7.25. The van der Waals surface area contributed by atoms with Gasteiger partial charge in [0.05, 0.1) is 30.3 Å². The molecule has 3 N–H and O–H groups in total. The molecule has 0 spiro atoms. The monoisotopic (exact) mass is 601 g/mol. The Morgan fingerprint density at radius 1 is 1.17 bits per heavy atom. The lowest BCUT2D eigenvalue weighted by atomic mass is 9.96. The van der Waals surface area contributed by atoms with Crippen LogP contribution in [-0.2, 0) is 27.4 Å². The van der Waals surface area contributed by atoms with Crippen molar-refractivity contribution in [2.75, 3.05) is 31.9 Å². The summed E-state index contributed by atoms with van der Waals surface area (Å²) in [5.74, 6) is -0.383. The first kappa shape index (κ1) is 32.5. The van der Waals surface area contributed by atoms with Gasteiger partial charge in [0, 0.05) is 37.1 Å². The molecular formula is C27H38F3N5O5S. The van der Waals surface area contributed by atoms with E-state index in [9.17, 15) is 26.4 Å². The zero-order valence-corrected chi connectivity index (χ0v) is 23.4. The fourth-order valence-electron chi connectivity index (χ4n) is 5.25. The average molecular weight is 602 g/mol. The molecule has 2 aromatic rings. The Hall–Kier alpha value is -2.97. The van der Waals surface area contributed by atoms with Gasteiger partial charge >= 0.3 is 6.18 Å². The Kier molecular flexibility index (Phi) is 10.6. The molecule has 1 aliphatic carbocycles. The minimum absolute atomic E-state index is 0. The largest absolute Gasteiger partial charge is 0.495 e. The topological polar surface area (TPSA) is 132 Å². The number of hydrogen-bond acceptors (Lipinski definition) is 8. The first-order chi connectivity index (χ1) is 18.8. The van der Waals surface area contributed by atoms with Crippen molar-refractivity contribution in [3.63, 3.8) is 0 Å². The van der Waals surface area contributed by atoms with Crippen LogP contribution in [0, 0.1) is 12.8 Å². The molecule has 0 radical (unpaired) electrons. The number of nitrogens with one attached hydrogen (secondary N) is 3. The van der Waals surface area contributed by atoms with E-state index in [0.29, 0.717) is 55.0 Å². The van der Waals surface area contributed by atoms with Gasteiger partial charge in [0.25, 0.3) is 5.91 Å². The predicted octanol–water partition coefficient (Wildman–Crippen LogP) is 4.36. The number of carbonyl (C=O) groups is 1. The van der Waals surface area contributed by atoms with Gasteiger partial charge in [-0.3, -0.25) is 4.79 Å². The van der Waals surface area contributed by atoms with Gasteiger partial charge in [0.15, 0.2) is 0 Å². The maximum Gasteiger partial charge on any atom is 0.419 e. The Morgan fingerprint density at radius 2 is 1.88 bits per heavy atom. The van der Waals surface area contributed by atoms with E-state index >= 15 is 0 Å². The number of benzene rings is 1. The maximum atomic E-state index is 13.8. The van der Waals surface area contributed by atoms with Crippen LogP contribution in [0.2, 0.25) is 0 Å². The summed E-state index contributed by atoms with van der Waals surface area (Å²) < 4.78 is 78.3. The van der Waals surface area contributed by atoms with Gasteiger partial charge in [-0.15, -0.1) is 0 Å². The molecule has 1 aliphatic heterocycles. The second kappa shape index (κ2) is 13.3. The second-order valence-corrected chi connectivity index (χ2v) is 12.1. The highest BCUT2D eigenvalue weighted by Gasteiger charge is 2.38. The van der Waals surface area contributed by atoms with Crippen LogP contribution in [0.1, 0.15) is 66.7 Å². The molecule has 0 unspecified atom stereocenters. The number of hydrogen-bond donors (Lipinski definition) is 3. The first-order valence-electron chi connectivity index (χ1n) is 13.1. The summed E-state index contributed by atoms with van der Waals surface area (Å²) in [6, 6.07) is 2.76. The van der Waals surface area contributed by atoms with Crippen LogP contribution in [0.5, 0.6) is 5.75 Å². The molecular weight excluding hydrogens is 563 g/mol.